The summed E-state index contributed by atoms with van der Waals surface area (Å²) in [5.74, 6) is -0.798. The maximum absolute atomic E-state index is 13.1. The van der Waals surface area contributed by atoms with Crippen LogP contribution < -0.4 is 0 Å². The molecule has 14 heavy (non-hydrogen) atoms. The first kappa shape index (κ1) is 9.80. The minimum atomic E-state index is -2.68. The van der Waals surface area contributed by atoms with Gasteiger partial charge in [-0.1, -0.05) is 11.6 Å². The molecular formula is C9H4ClF3S. The Hall–Kier alpha value is -0.740. The molecule has 0 atom stereocenters. The molecule has 74 valence electrons. The molecule has 0 aliphatic rings. The Morgan fingerprint density at radius 2 is 2.07 bits per heavy atom. The normalized spacial score (nSPS) is 11.5. The van der Waals surface area contributed by atoms with Crippen molar-refractivity contribution in [3.8, 4) is 0 Å². The molecule has 0 saturated carbocycles. The molecule has 2 rings (SSSR count). The van der Waals surface area contributed by atoms with Crippen LogP contribution in [0.3, 0.4) is 0 Å². The third-order valence-corrected chi connectivity index (χ3v) is 3.24. The van der Waals surface area contributed by atoms with E-state index in [1.807, 2.05) is 0 Å². The highest BCUT2D eigenvalue weighted by atomic mass is 35.5. The van der Waals surface area contributed by atoms with E-state index < -0.39 is 12.2 Å². The molecule has 1 heterocycles. The minimum Gasteiger partial charge on any atom is -0.205 e. The van der Waals surface area contributed by atoms with Gasteiger partial charge in [0.15, 0.2) is 0 Å². The lowest BCUT2D eigenvalue weighted by Gasteiger charge is -2.03. The van der Waals surface area contributed by atoms with Gasteiger partial charge in [0.2, 0.25) is 0 Å². The summed E-state index contributed by atoms with van der Waals surface area (Å²) in [5, 5.41) is 1.87. The zero-order chi connectivity index (χ0) is 10.3. The second-order valence-corrected chi connectivity index (χ2v) is 4.02. The summed E-state index contributed by atoms with van der Waals surface area (Å²) in [6.07, 6.45) is -2.68. The monoisotopic (exact) mass is 236 g/mol. The Balaban J connectivity index is 2.84. The van der Waals surface area contributed by atoms with Crippen molar-refractivity contribution in [3.63, 3.8) is 0 Å². The smallest absolute Gasteiger partial charge is 0.205 e. The van der Waals surface area contributed by atoms with Crippen molar-refractivity contribution in [3.05, 3.63) is 33.9 Å². The van der Waals surface area contributed by atoms with E-state index in [4.69, 9.17) is 11.6 Å². The maximum atomic E-state index is 13.1. The quantitative estimate of drug-likeness (QED) is 0.677. The van der Waals surface area contributed by atoms with E-state index >= 15 is 0 Å². The van der Waals surface area contributed by atoms with E-state index in [9.17, 15) is 13.2 Å². The SMILES string of the molecule is Fc1cc(C(F)F)c2sccc2c1Cl. The van der Waals surface area contributed by atoms with Gasteiger partial charge in [0, 0.05) is 15.6 Å². The Morgan fingerprint density at radius 1 is 1.36 bits per heavy atom. The molecule has 0 aliphatic carbocycles. The number of alkyl halides is 2. The highest BCUT2D eigenvalue weighted by Gasteiger charge is 2.17. The molecule has 1 aromatic carbocycles. The molecule has 0 fully saturated rings. The maximum Gasteiger partial charge on any atom is 0.265 e. The zero-order valence-corrected chi connectivity index (χ0v) is 8.30. The van der Waals surface area contributed by atoms with Gasteiger partial charge < -0.3 is 0 Å². The van der Waals surface area contributed by atoms with Gasteiger partial charge in [-0.3, -0.25) is 0 Å². The number of rotatable bonds is 1. The molecular weight excluding hydrogens is 233 g/mol. The summed E-state index contributed by atoms with van der Waals surface area (Å²) < 4.78 is 38.4. The van der Waals surface area contributed by atoms with Crippen molar-refractivity contribution < 1.29 is 13.2 Å². The molecule has 0 nitrogen and oxygen atoms in total. The molecule has 0 bridgehead atoms. The van der Waals surface area contributed by atoms with E-state index in [2.05, 4.69) is 0 Å². The standard InChI is InChI=1S/C9H4ClF3S/c10-7-4-1-2-14-8(4)5(9(12)13)3-6(7)11/h1-3,9H. The first-order valence-electron chi connectivity index (χ1n) is 3.74. The molecule has 0 unspecified atom stereocenters. The van der Waals surface area contributed by atoms with Crippen molar-refractivity contribution in [1.82, 2.24) is 0 Å². The van der Waals surface area contributed by atoms with Crippen LogP contribution in [-0.2, 0) is 0 Å². The minimum absolute atomic E-state index is 0.0920. The number of benzene rings is 1. The third kappa shape index (κ3) is 1.38. The van der Waals surface area contributed by atoms with E-state index in [-0.39, 0.29) is 10.6 Å². The lowest BCUT2D eigenvalue weighted by molar-refractivity contribution is 0.153. The van der Waals surface area contributed by atoms with Gasteiger partial charge in [-0.25, -0.2) is 13.2 Å². The Kier molecular flexibility index (Phi) is 2.41. The molecule has 0 saturated heterocycles. The van der Waals surface area contributed by atoms with Gasteiger partial charge in [-0.15, -0.1) is 11.3 Å². The first-order valence-corrected chi connectivity index (χ1v) is 5.00. The molecule has 5 heteroatoms. The number of hydrogen-bond acceptors (Lipinski definition) is 1. The molecule has 0 N–H and O–H groups in total. The molecule has 0 spiro atoms. The van der Waals surface area contributed by atoms with Gasteiger partial charge in [0.25, 0.3) is 6.43 Å². The average Bonchev–Trinajstić information content (AvgIpc) is 2.59. The topological polar surface area (TPSA) is 0 Å². The fraction of sp³-hybridized carbons (Fsp3) is 0.111. The van der Waals surface area contributed by atoms with Crippen molar-refractivity contribution in [2.45, 2.75) is 6.43 Å². The Labute approximate surface area is 86.9 Å². The lowest BCUT2D eigenvalue weighted by atomic mass is 10.1. The Morgan fingerprint density at radius 3 is 2.71 bits per heavy atom. The number of fused-ring (bicyclic) bond motifs is 1. The Bertz CT molecular complexity index is 478. The van der Waals surface area contributed by atoms with Crippen molar-refractivity contribution in [1.29, 1.82) is 0 Å². The predicted molar refractivity (Wildman–Crippen MR) is 51.8 cm³/mol. The fourth-order valence-electron chi connectivity index (χ4n) is 1.26. The number of halogens is 4. The van der Waals surface area contributed by atoms with Gasteiger partial charge in [-0.05, 0) is 17.5 Å². The molecule has 2 aromatic rings. The first-order chi connectivity index (χ1) is 6.61. The highest BCUT2D eigenvalue weighted by molar-refractivity contribution is 7.17. The molecule has 0 aliphatic heterocycles. The fourth-order valence-corrected chi connectivity index (χ4v) is 2.45. The van der Waals surface area contributed by atoms with Gasteiger partial charge in [0.05, 0.1) is 5.02 Å². The van der Waals surface area contributed by atoms with Crippen molar-refractivity contribution >= 4 is 33.0 Å². The molecule has 0 amide bonds. The third-order valence-electron chi connectivity index (χ3n) is 1.89. The van der Waals surface area contributed by atoms with Crippen LogP contribution in [0.2, 0.25) is 5.02 Å². The molecule has 1 aromatic heterocycles. The van der Waals surface area contributed by atoms with E-state index in [0.717, 1.165) is 17.4 Å². The van der Waals surface area contributed by atoms with E-state index in [0.29, 0.717) is 10.1 Å². The average molecular weight is 237 g/mol. The van der Waals surface area contributed by atoms with Gasteiger partial charge >= 0.3 is 0 Å². The summed E-state index contributed by atoms with van der Waals surface area (Å²) >= 11 is 6.76. The van der Waals surface area contributed by atoms with Crippen LogP contribution in [0.15, 0.2) is 17.5 Å². The van der Waals surface area contributed by atoms with Crippen LogP contribution in [0, 0.1) is 5.82 Å². The van der Waals surface area contributed by atoms with Crippen LogP contribution >= 0.6 is 22.9 Å². The number of hydrogen-bond donors (Lipinski definition) is 0. The molecule has 0 radical (unpaired) electrons. The largest absolute Gasteiger partial charge is 0.265 e. The summed E-state index contributed by atoms with van der Waals surface area (Å²) in [6.45, 7) is 0. The van der Waals surface area contributed by atoms with Gasteiger partial charge in [0.1, 0.15) is 5.82 Å². The lowest BCUT2D eigenvalue weighted by Crippen LogP contribution is -1.88. The van der Waals surface area contributed by atoms with Gasteiger partial charge in [-0.2, -0.15) is 0 Å². The predicted octanol–water partition coefficient (Wildman–Crippen LogP) is 4.63. The van der Waals surface area contributed by atoms with Crippen LogP contribution in [-0.4, -0.2) is 0 Å². The summed E-state index contributed by atoms with van der Waals surface area (Å²) in [7, 11) is 0. The second-order valence-electron chi connectivity index (χ2n) is 2.73. The van der Waals surface area contributed by atoms with Crippen LogP contribution in [0.5, 0.6) is 0 Å². The summed E-state index contributed by atoms with van der Waals surface area (Å²) in [6, 6.07) is 2.34. The number of thiophene rings is 1. The van der Waals surface area contributed by atoms with E-state index in [1.165, 1.54) is 6.07 Å². The highest BCUT2D eigenvalue weighted by Crippen LogP contribution is 2.37. The zero-order valence-electron chi connectivity index (χ0n) is 6.73. The summed E-state index contributed by atoms with van der Waals surface area (Å²) in [4.78, 5) is 0. The van der Waals surface area contributed by atoms with Crippen LogP contribution in [0.4, 0.5) is 13.2 Å². The van der Waals surface area contributed by atoms with Crippen molar-refractivity contribution in [2.24, 2.45) is 0 Å². The summed E-state index contributed by atoms with van der Waals surface area (Å²) in [5.41, 5.74) is -0.295. The van der Waals surface area contributed by atoms with E-state index in [1.54, 1.807) is 5.38 Å². The van der Waals surface area contributed by atoms with Crippen molar-refractivity contribution in [2.75, 3.05) is 0 Å². The van der Waals surface area contributed by atoms with Crippen LogP contribution in [0.1, 0.15) is 12.0 Å². The second kappa shape index (κ2) is 3.44. The van der Waals surface area contributed by atoms with Crippen LogP contribution in [0.25, 0.3) is 10.1 Å².